The maximum Gasteiger partial charge on any atom is 0.251 e. The van der Waals surface area contributed by atoms with Crippen LogP contribution in [0.1, 0.15) is 29.3 Å². The number of hydrogen-bond donors (Lipinski definition) is 3. The van der Waals surface area contributed by atoms with E-state index in [0.717, 1.165) is 24.9 Å². The van der Waals surface area contributed by atoms with E-state index in [9.17, 15) is 4.79 Å². The summed E-state index contributed by atoms with van der Waals surface area (Å²) in [5, 5.41) is 5.67. The van der Waals surface area contributed by atoms with Crippen molar-refractivity contribution < 1.29 is 4.79 Å². The SMILES string of the molecule is CCCN=C(N)NCCc1cccc(C(=O)NC)c1. The van der Waals surface area contributed by atoms with Crippen molar-refractivity contribution in [3.8, 4) is 0 Å². The second kappa shape index (κ2) is 8.13. The van der Waals surface area contributed by atoms with Gasteiger partial charge in [0.2, 0.25) is 0 Å². The first-order valence-corrected chi connectivity index (χ1v) is 6.52. The van der Waals surface area contributed by atoms with Crippen molar-refractivity contribution in [3.63, 3.8) is 0 Å². The van der Waals surface area contributed by atoms with Crippen molar-refractivity contribution in [2.75, 3.05) is 20.1 Å². The summed E-state index contributed by atoms with van der Waals surface area (Å²) >= 11 is 0. The van der Waals surface area contributed by atoms with Crippen molar-refractivity contribution in [2.24, 2.45) is 10.7 Å². The average Bonchev–Trinajstić information content (AvgIpc) is 2.44. The lowest BCUT2D eigenvalue weighted by Gasteiger charge is -2.07. The summed E-state index contributed by atoms with van der Waals surface area (Å²) in [6, 6.07) is 7.56. The fourth-order valence-corrected chi connectivity index (χ4v) is 1.64. The van der Waals surface area contributed by atoms with Gasteiger partial charge in [-0.15, -0.1) is 0 Å². The van der Waals surface area contributed by atoms with E-state index in [1.54, 1.807) is 13.1 Å². The van der Waals surface area contributed by atoms with Gasteiger partial charge in [0, 0.05) is 25.7 Å². The zero-order chi connectivity index (χ0) is 14.1. The summed E-state index contributed by atoms with van der Waals surface area (Å²) in [6.45, 7) is 3.50. The molecule has 0 aliphatic heterocycles. The smallest absolute Gasteiger partial charge is 0.251 e. The minimum atomic E-state index is -0.0705. The largest absolute Gasteiger partial charge is 0.370 e. The number of aliphatic imine (C=N–C) groups is 1. The van der Waals surface area contributed by atoms with Crippen LogP contribution in [0.15, 0.2) is 29.3 Å². The molecule has 4 N–H and O–H groups in total. The van der Waals surface area contributed by atoms with Gasteiger partial charge in [-0.3, -0.25) is 9.79 Å². The van der Waals surface area contributed by atoms with Gasteiger partial charge >= 0.3 is 0 Å². The molecular weight excluding hydrogens is 240 g/mol. The monoisotopic (exact) mass is 262 g/mol. The van der Waals surface area contributed by atoms with E-state index >= 15 is 0 Å². The Morgan fingerprint density at radius 2 is 2.21 bits per heavy atom. The highest BCUT2D eigenvalue weighted by molar-refractivity contribution is 5.94. The molecule has 104 valence electrons. The standard InChI is InChI=1S/C14H22N4O/c1-3-8-17-14(15)18-9-7-11-5-4-6-12(10-11)13(19)16-2/h4-6,10H,3,7-9H2,1-2H3,(H,16,19)(H3,15,17,18). The zero-order valence-electron chi connectivity index (χ0n) is 11.6. The Balaban J connectivity index is 2.47. The number of hydrogen-bond acceptors (Lipinski definition) is 2. The van der Waals surface area contributed by atoms with E-state index < -0.39 is 0 Å². The third-order valence-electron chi connectivity index (χ3n) is 2.64. The molecule has 1 amide bonds. The number of guanidine groups is 1. The normalized spacial score (nSPS) is 11.2. The Bertz CT molecular complexity index is 443. The van der Waals surface area contributed by atoms with E-state index in [0.29, 0.717) is 18.1 Å². The quantitative estimate of drug-likeness (QED) is 0.526. The zero-order valence-corrected chi connectivity index (χ0v) is 11.6. The minimum absolute atomic E-state index is 0.0705. The number of nitrogens with one attached hydrogen (secondary N) is 2. The summed E-state index contributed by atoms with van der Waals surface area (Å²) in [6.07, 6.45) is 1.78. The van der Waals surface area contributed by atoms with Gasteiger partial charge in [0.25, 0.3) is 5.91 Å². The molecule has 0 fully saturated rings. The summed E-state index contributed by atoms with van der Waals surface area (Å²) < 4.78 is 0. The molecule has 0 heterocycles. The fourth-order valence-electron chi connectivity index (χ4n) is 1.64. The van der Waals surface area contributed by atoms with Crippen LogP contribution in [0.4, 0.5) is 0 Å². The number of benzene rings is 1. The van der Waals surface area contributed by atoms with Gasteiger partial charge < -0.3 is 16.4 Å². The van der Waals surface area contributed by atoms with Crippen LogP contribution in [0.3, 0.4) is 0 Å². The van der Waals surface area contributed by atoms with E-state index in [4.69, 9.17) is 5.73 Å². The second-order valence-electron chi connectivity index (χ2n) is 4.22. The van der Waals surface area contributed by atoms with Gasteiger partial charge in [-0.2, -0.15) is 0 Å². The minimum Gasteiger partial charge on any atom is -0.370 e. The van der Waals surface area contributed by atoms with Crippen molar-refractivity contribution >= 4 is 11.9 Å². The molecule has 0 saturated carbocycles. The van der Waals surface area contributed by atoms with E-state index in [-0.39, 0.29) is 5.91 Å². The molecule has 0 atom stereocenters. The Morgan fingerprint density at radius 3 is 2.89 bits per heavy atom. The first-order chi connectivity index (χ1) is 9.17. The van der Waals surface area contributed by atoms with Crippen molar-refractivity contribution in [3.05, 3.63) is 35.4 Å². The number of carbonyl (C=O) groups is 1. The average molecular weight is 262 g/mol. The molecule has 0 spiro atoms. The Kier molecular flexibility index (Phi) is 6.43. The highest BCUT2D eigenvalue weighted by Crippen LogP contribution is 2.05. The molecule has 0 aliphatic rings. The van der Waals surface area contributed by atoms with Crippen LogP contribution in [0, 0.1) is 0 Å². The summed E-state index contributed by atoms with van der Waals surface area (Å²) in [5.41, 5.74) is 7.47. The Hall–Kier alpha value is -2.04. The number of rotatable bonds is 6. The maximum absolute atomic E-state index is 11.5. The van der Waals surface area contributed by atoms with Crippen molar-refractivity contribution in [2.45, 2.75) is 19.8 Å². The second-order valence-corrected chi connectivity index (χ2v) is 4.22. The van der Waals surface area contributed by atoms with Crippen LogP contribution in [0.25, 0.3) is 0 Å². The van der Waals surface area contributed by atoms with Gasteiger partial charge in [-0.25, -0.2) is 0 Å². The summed E-state index contributed by atoms with van der Waals surface area (Å²) in [7, 11) is 1.63. The number of amides is 1. The number of nitrogens with zero attached hydrogens (tertiary/aromatic N) is 1. The Morgan fingerprint density at radius 1 is 1.42 bits per heavy atom. The molecule has 1 aromatic rings. The van der Waals surface area contributed by atoms with E-state index in [1.165, 1.54) is 0 Å². The molecule has 0 saturated heterocycles. The van der Waals surface area contributed by atoms with Crippen LogP contribution < -0.4 is 16.4 Å². The lowest BCUT2D eigenvalue weighted by atomic mass is 10.1. The molecule has 19 heavy (non-hydrogen) atoms. The molecular formula is C14H22N4O. The van der Waals surface area contributed by atoms with Gasteiger partial charge in [0.1, 0.15) is 0 Å². The molecule has 0 unspecified atom stereocenters. The highest BCUT2D eigenvalue weighted by Gasteiger charge is 2.03. The molecule has 1 rings (SSSR count). The van der Waals surface area contributed by atoms with Crippen LogP contribution in [0.2, 0.25) is 0 Å². The topological polar surface area (TPSA) is 79.5 Å². The van der Waals surface area contributed by atoms with Crippen LogP contribution in [-0.4, -0.2) is 32.0 Å². The lowest BCUT2D eigenvalue weighted by molar-refractivity contribution is 0.0963. The molecule has 0 radical (unpaired) electrons. The van der Waals surface area contributed by atoms with Gasteiger partial charge in [0.05, 0.1) is 0 Å². The van der Waals surface area contributed by atoms with E-state index in [1.807, 2.05) is 18.2 Å². The molecule has 0 aromatic heterocycles. The predicted octanol–water partition coefficient (Wildman–Crippen LogP) is 0.903. The molecule has 5 nitrogen and oxygen atoms in total. The Labute approximate surface area is 114 Å². The fraction of sp³-hybridized carbons (Fsp3) is 0.429. The van der Waals surface area contributed by atoms with Gasteiger partial charge in [-0.1, -0.05) is 19.1 Å². The van der Waals surface area contributed by atoms with E-state index in [2.05, 4.69) is 22.5 Å². The molecule has 0 aliphatic carbocycles. The predicted molar refractivity (Wildman–Crippen MR) is 78.3 cm³/mol. The van der Waals surface area contributed by atoms with Crippen molar-refractivity contribution in [1.29, 1.82) is 0 Å². The van der Waals surface area contributed by atoms with Gasteiger partial charge in [-0.05, 0) is 30.5 Å². The molecule has 0 bridgehead atoms. The van der Waals surface area contributed by atoms with Gasteiger partial charge in [0.15, 0.2) is 5.96 Å². The third kappa shape index (κ3) is 5.42. The number of carbonyl (C=O) groups excluding carboxylic acids is 1. The van der Waals surface area contributed by atoms with Crippen LogP contribution >= 0.6 is 0 Å². The number of nitrogens with two attached hydrogens (primary N) is 1. The van der Waals surface area contributed by atoms with Crippen LogP contribution in [-0.2, 0) is 6.42 Å². The molecule has 5 heteroatoms. The van der Waals surface area contributed by atoms with Crippen molar-refractivity contribution in [1.82, 2.24) is 10.6 Å². The maximum atomic E-state index is 11.5. The lowest BCUT2D eigenvalue weighted by Crippen LogP contribution is -2.33. The highest BCUT2D eigenvalue weighted by atomic mass is 16.1. The third-order valence-corrected chi connectivity index (χ3v) is 2.64. The summed E-state index contributed by atoms with van der Waals surface area (Å²) in [5.74, 6) is 0.406. The van der Waals surface area contributed by atoms with Crippen LogP contribution in [0.5, 0.6) is 0 Å². The summed E-state index contributed by atoms with van der Waals surface area (Å²) in [4.78, 5) is 15.7. The molecule has 1 aromatic carbocycles. The first-order valence-electron chi connectivity index (χ1n) is 6.52. The first kappa shape index (κ1) is 15.0.